The van der Waals surface area contributed by atoms with Gasteiger partial charge in [-0.15, -0.1) is 0 Å². The molecular formula is C13H20F2N2. The summed E-state index contributed by atoms with van der Waals surface area (Å²) in [5.41, 5.74) is 3.00. The molecule has 2 atom stereocenters. The molecule has 0 heterocycles. The fourth-order valence-electron chi connectivity index (χ4n) is 1.84. The molecule has 0 aliphatic heterocycles. The molecule has 0 saturated carbocycles. The van der Waals surface area contributed by atoms with Gasteiger partial charge in [-0.2, -0.15) is 0 Å². The van der Waals surface area contributed by atoms with Crippen molar-refractivity contribution in [1.82, 2.24) is 5.43 Å². The van der Waals surface area contributed by atoms with Crippen LogP contribution < -0.4 is 11.3 Å². The maximum absolute atomic E-state index is 13.9. The van der Waals surface area contributed by atoms with E-state index in [4.69, 9.17) is 5.84 Å². The van der Waals surface area contributed by atoms with Crippen LogP contribution in [0.3, 0.4) is 0 Å². The molecule has 0 aromatic heterocycles. The second kappa shape index (κ2) is 6.07. The smallest absolute Gasteiger partial charge is 0.133 e. The molecule has 0 amide bonds. The summed E-state index contributed by atoms with van der Waals surface area (Å²) in [5, 5.41) is 0. The number of hydrazine groups is 1. The third-order valence-corrected chi connectivity index (χ3v) is 3.20. The molecule has 1 rings (SSSR count). The Kier molecular flexibility index (Phi) is 5.02. The molecule has 0 radical (unpaired) electrons. The van der Waals surface area contributed by atoms with Crippen molar-refractivity contribution in [3.8, 4) is 0 Å². The summed E-state index contributed by atoms with van der Waals surface area (Å²) in [5.74, 6) is 4.72. The summed E-state index contributed by atoms with van der Waals surface area (Å²) in [6.07, 6.45) is 1.57. The van der Waals surface area contributed by atoms with E-state index in [0.717, 1.165) is 6.42 Å². The number of nitrogens with two attached hydrogens (primary N) is 1. The summed E-state index contributed by atoms with van der Waals surface area (Å²) in [7, 11) is 0. The second-order valence-corrected chi connectivity index (χ2v) is 4.56. The van der Waals surface area contributed by atoms with E-state index in [9.17, 15) is 8.78 Å². The summed E-state index contributed by atoms with van der Waals surface area (Å²) < 4.78 is 27.6. The lowest BCUT2D eigenvalue weighted by molar-refractivity contribution is 0.383. The quantitative estimate of drug-likeness (QED) is 0.614. The fraction of sp³-hybridized carbons (Fsp3) is 0.538. The molecule has 1 aromatic carbocycles. The van der Waals surface area contributed by atoms with E-state index in [-0.39, 0.29) is 5.56 Å². The lowest BCUT2D eigenvalue weighted by Crippen LogP contribution is -2.31. The SMILES string of the molecule is CCC(C)CC(NN)c1c(F)ccc(C)c1F. The van der Waals surface area contributed by atoms with Crippen molar-refractivity contribution in [2.45, 2.75) is 39.7 Å². The van der Waals surface area contributed by atoms with Gasteiger partial charge in [0.05, 0.1) is 6.04 Å². The maximum atomic E-state index is 13.9. The molecular weight excluding hydrogens is 222 g/mol. The number of hydrogen-bond donors (Lipinski definition) is 2. The molecule has 96 valence electrons. The fourth-order valence-corrected chi connectivity index (χ4v) is 1.84. The van der Waals surface area contributed by atoms with Gasteiger partial charge < -0.3 is 0 Å². The molecule has 2 nitrogen and oxygen atoms in total. The first kappa shape index (κ1) is 14.1. The minimum absolute atomic E-state index is 0.0489. The van der Waals surface area contributed by atoms with Crippen molar-refractivity contribution >= 4 is 0 Å². The van der Waals surface area contributed by atoms with Crippen LogP contribution in [-0.2, 0) is 0 Å². The monoisotopic (exact) mass is 242 g/mol. The van der Waals surface area contributed by atoms with Gasteiger partial charge in [-0.3, -0.25) is 11.3 Å². The van der Waals surface area contributed by atoms with Crippen LogP contribution in [0.4, 0.5) is 8.78 Å². The van der Waals surface area contributed by atoms with E-state index >= 15 is 0 Å². The number of nitrogens with one attached hydrogen (secondary N) is 1. The van der Waals surface area contributed by atoms with Crippen LogP contribution in [0.1, 0.15) is 43.9 Å². The van der Waals surface area contributed by atoms with E-state index in [1.807, 2.05) is 13.8 Å². The van der Waals surface area contributed by atoms with Crippen molar-refractivity contribution in [3.05, 3.63) is 34.9 Å². The Morgan fingerprint density at radius 1 is 1.35 bits per heavy atom. The minimum atomic E-state index is -0.542. The third-order valence-electron chi connectivity index (χ3n) is 3.20. The summed E-state index contributed by atoms with van der Waals surface area (Å²) in [4.78, 5) is 0. The summed E-state index contributed by atoms with van der Waals surface area (Å²) >= 11 is 0. The van der Waals surface area contributed by atoms with Gasteiger partial charge in [-0.25, -0.2) is 8.78 Å². The molecule has 1 aromatic rings. The molecule has 17 heavy (non-hydrogen) atoms. The summed E-state index contributed by atoms with van der Waals surface area (Å²) in [6, 6.07) is 2.24. The zero-order valence-corrected chi connectivity index (χ0v) is 10.6. The number of hydrogen-bond acceptors (Lipinski definition) is 2. The zero-order valence-electron chi connectivity index (χ0n) is 10.6. The van der Waals surface area contributed by atoms with Crippen LogP contribution in [0.25, 0.3) is 0 Å². The first-order valence-corrected chi connectivity index (χ1v) is 5.91. The van der Waals surface area contributed by atoms with Crippen molar-refractivity contribution < 1.29 is 8.78 Å². The Morgan fingerprint density at radius 3 is 2.53 bits per heavy atom. The van der Waals surface area contributed by atoms with Crippen molar-refractivity contribution in [2.24, 2.45) is 11.8 Å². The Hall–Kier alpha value is -1.00. The van der Waals surface area contributed by atoms with Crippen LogP contribution in [0.15, 0.2) is 12.1 Å². The van der Waals surface area contributed by atoms with E-state index in [0.29, 0.717) is 17.9 Å². The number of halogens is 2. The van der Waals surface area contributed by atoms with Gasteiger partial charge in [0.2, 0.25) is 0 Å². The van der Waals surface area contributed by atoms with Crippen molar-refractivity contribution in [3.63, 3.8) is 0 Å². The molecule has 0 aliphatic carbocycles. The zero-order chi connectivity index (χ0) is 13.0. The molecule has 4 heteroatoms. The van der Waals surface area contributed by atoms with Gasteiger partial charge in [0, 0.05) is 5.56 Å². The highest BCUT2D eigenvalue weighted by Crippen LogP contribution is 2.28. The molecule has 0 spiro atoms. The topological polar surface area (TPSA) is 38.0 Å². The molecule has 2 unspecified atom stereocenters. The highest BCUT2D eigenvalue weighted by atomic mass is 19.1. The van der Waals surface area contributed by atoms with Gasteiger partial charge in [0.15, 0.2) is 0 Å². The predicted molar refractivity (Wildman–Crippen MR) is 65.2 cm³/mol. The lowest BCUT2D eigenvalue weighted by atomic mass is 9.93. The lowest BCUT2D eigenvalue weighted by Gasteiger charge is -2.21. The van der Waals surface area contributed by atoms with Gasteiger partial charge in [-0.1, -0.05) is 26.3 Å². The first-order valence-electron chi connectivity index (χ1n) is 5.91. The first-order chi connectivity index (χ1) is 8.01. The average Bonchev–Trinajstić information content (AvgIpc) is 2.32. The van der Waals surface area contributed by atoms with Gasteiger partial charge in [-0.05, 0) is 30.9 Å². The third kappa shape index (κ3) is 3.23. The van der Waals surface area contributed by atoms with E-state index < -0.39 is 17.7 Å². The maximum Gasteiger partial charge on any atom is 0.133 e. The van der Waals surface area contributed by atoms with Gasteiger partial charge >= 0.3 is 0 Å². The van der Waals surface area contributed by atoms with Crippen LogP contribution in [0.5, 0.6) is 0 Å². The number of aryl methyl sites for hydroxylation is 1. The van der Waals surface area contributed by atoms with E-state index in [1.54, 1.807) is 6.92 Å². The summed E-state index contributed by atoms with van der Waals surface area (Å²) in [6.45, 7) is 5.70. The highest BCUT2D eigenvalue weighted by molar-refractivity contribution is 5.29. The number of rotatable bonds is 5. The Labute approximate surface area is 101 Å². The van der Waals surface area contributed by atoms with Gasteiger partial charge in [0.25, 0.3) is 0 Å². The van der Waals surface area contributed by atoms with Gasteiger partial charge in [0.1, 0.15) is 11.6 Å². The average molecular weight is 242 g/mol. The van der Waals surface area contributed by atoms with Crippen molar-refractivity contribution in [2.75, 3.05) is 0 Å². The Bertz CT molecular complexity index is 380. The Balaban J connectivity index is 3.07. The predicted octanol–water partition coefficient (Wildman–Crippen LogP) is 3.21. The van der Waals surface area contributed by atoms with Crippen LogP contribution in [-0.4, -0.2) is 0 Å². The minimum Gasteiger partial charge on any atom is -0.271 e. The van der Waals surface area contributed by atoms with E-state index in [1.165, 1.54) is 12.1 Å². The molecule has 0 saturated heterocycles. The molecule has 0 bridgehead atoms. The standard InChI is InChI=1S/C13H20F2N2/c1-4-8(2)7-11(17-16)12-10(14)6-5-9(3)13(12)15/h5-6,8,11,17H,4,7,16H2,1-3H3. The van der Waals surface area contributed by atoms with E-state index in [2.05, 4.69) is 5.43 Å². The normalized spacial score (nSPS) is 14.7. The largest absolute Gasteiger partial charge is 0.271 e. The number of benzene rings is 1. The van der Waals surface area contributed by atoms with Crippen LogP contribution >= 0.6 is 0 Å². The molecule has 3 N–H and O–H groups in total. The second-order valence-electron chi connectivity index (χ2n) is 4.56. The molecule has 0 aliphatic rings. The Morgan fingerprint density at radius 2 is 2.00 bits per heavy atom. The van der Waals surface area contributed by atoms with Crippen LogP contribution in [0.2, 0.25) is 0 Å². The highest BCUT2D eigenvalue weighted by Gasteiger charge is 2.21. The van der Waals surface area contributed by atoms with Crippen LogP contribution in [0, 0.1) is 24.5 Å². The van der Waals surface area contributed by atoms with Crippen molar-refractivity contribution in [1.29, 1.82) is 0 Å². The molecule has 0 fully saturated rings.